The van der Waals surface area contributed by atoms with Crippen LogP contribution < -0.4 is 10.1 Å². The zero-order valence-electron chi connectivity index (χ0n) is 18.2. The number of β-lactam (4-membered cyclic amide) rings is 1. The van der Waals surface area contributed by atoms with Crippen molar-refractivity contribution in [1.82, 2.24) is 10.2 Å². The van der Waals surface area contributed by atoms with E-state index in [9.17, 15) is 24.5 Å². The third kappa shape index (κ3) is 5.70. The van der Waals surface area contributed by atoms with Crippen LogP contribution in [0.5, 0.6) is 5.75 Å². The van der Waals surface area contributed by atoms with Crippen LogP contribution in [0.25, 0.3) is 0 Å². The molecule has 3 rings (SSSR count). The number of carbonyl (C=O) groups is 3. The smallest absolute Gasteiger partial charge is 0.333 e. The van der Waals surface area contributed by atoms with Crippen molar-refractivity contribution < 1.29 is 28.8 Å². The Balaban J connectivity index is 1.55. The van der Waals surface area contributed by atoms with E-state index in [0.29, 0.717) is 16.9 Å². The lowest BCUT2D eigenvalue weighted by Crippen LogP contribution is -2.72. The molecule has 2 aromatic carbocycles. The van der Waals surface area contributed by atoms with Gasteiger partial charge in [-0.05, 0) is 42.3 Å². The first kappa shape index (κ1) is 24.7. The van der Waals surface area contributed by atoms with Crippen LogP contribution in [-0.2, 0) is 25.7 Å². The second-order valence-corrected chi connectivity index (χ2v) is 7.99. The summed E-state index contributed by atoms with van der Waals surface area (Å²) < 4.78 is 10.6. The van der Waals surface area contributed by atoms with E-state index in [1.807, 2.05) is 6.07 Å². The molecule has 3 unspecified atom stereocenters. The second-order valence-electron chi connectivity index (χ2n) is 7.55. The standard InChI is InChI=1S/C23H22ClN3O7/c1-14(2)20(23(30)34-12-15-8-10-16(11-9-15)27(31)32)26-21(24)19(22(26)29)25-18(28)13-33-17-6-4-3-5-7-17/h3-11,19-21H,1,12-13H2,2H3,(H,25,28). The fraction of sp³-hybridized carbons (Fsp3) is 0.261. The molecule has 2 amide bonds. The normalized spacial score (nSPS) is 17.8. The van der Waals surface area contributed by atoms with Gasteiger partial charge in [-0.1, -0.05) is 36.4 Å². The van der Waals surface area contributed by atoms with Crippen LogP contribution in [0, 0.1) is 10.1 Å². The first-order valence-corrected chi connectivity index (χ1v) is 10.6. The molecule has 3 atom stereocenters. The van der Waals surface area contributed by atoms with Crippen molar-refractivity contribution in [3.8, 4) is 5.75 Å². The van der Waals surface area contributed by atoms with Crippen molar-refractivity contribution in [3.63, 3.8) is 0 Å². The highest BCUT2D eigenvalue weighted by atomic mass is 35.5. The molecule has 1 N–H and O–H groups in total. The molecule has 1 heterocycles. The highest BCUT2D eigenvalue weighted by Gasteiger charge is 2.52. The Bertz CT molecular complexity index is 1090. The number of esters is 1. The largest absolute Gasteiger partial charge is 0.484 e. The molecule has 11 heteroatoms. The van der Waals surface area contributed by atoms with Crippen molar-refractivity contribution in [2.24, 2.45) is 0 Å². The van der Waals surface area contributed by atoms with Crippen LogP contribution in [0.15, 0.2) is 66.7 Å². The summed E-state index contributed by atoms with van der Waals surface area (Å²) >= 11 is 6.32. The van der Waals surface area contributed by atoms with Gasteiger partial charge >= 0.3 is 5.97 Å². The molecular weight excluding hydrogens is 466 g/mol. The molecule has 178 valence electrons. The average molecular weight is 488 g/mol. The summed E-state index contributed by atoms with van der Waals surface area (Å²) in [6.07, 6.45) is 0. The first-order chi connectivity index (χ1) is 16.2. The SMILES string of the molecule is C=C(C)C(C(=O)OCc1ccc([N+](=O)[O-])cc1)N1C(=O)C(NC(=O)COc2ccccc2)C1Cl. The molecule has 1 aliphatic rings. The fourth-order valence-electron chi connectivity index (χ4n) is 3.26. The Morgan fingerprint density at radius 1 is 1.21 bits per heavy atom. The van der Waals surface area contributed by atoms with Crippen LogP contribution in [0.3, 0.4) is 0 Å². The maximum Gasteiger partial charge on any atom is 0.333 e. The second kappa shape index (κ2) is 10.8. The number of alkyl halides is 1. The first-order valence-electron chi connectivity index (χ1n) is 10.2. The van der Waals surface area contributed by atoms with Crippen molar-refractivity contribution in [3.05, 3.63) is 82.4 Å². The molecule has 0 aliphatic carbocycles. The van der Waals surface area contributed by atoms with Gasteiger partial charge in [0.2, 0.25) is 0 Å². The van der Waals surface area contributed by atoms with Gasteiger partial charge in [-0.3, -0.25) is 19.7 Å². The lowest BCUT2D eigenvalue weighted by molar-refractivity contribution is -0.384. The molecule has 1 aliphatic heterocycles. The van der Waals surface area contributed by atoms with E-state index in [0.717, 1.165) is 4.90 Å². The van der Waals surface area contributed by atoms with Gasteiger partial charge in [-0.2, -0.15) is 0 Å². The molecule has 0 bridgehead atoms. The predicted molar refractivity (Wildman–Crippen MR) is 122 cm³/mol. The molecule has 1 saturated heterocycles. The third-order valence-electron chi connectivity index (χ3n) is 4.99. The van der Waals surface area contributed by atoms with Crippen LogP contribution in [0.2, 0.25) is 0 Å². The average Bonchev–Trinajstić information content (AvgIpc) is 2.83. The van der Waals surface area contributed by atoms with Crippen LogP contribution in [0.1, 0.15) is 12.5 Å². The molecule has 34 heavy (non-hydrogen) atoms. The number of hydrogen-bond donors (Lipinski definition) is 1. The van der Waals surface area contributed by atoms with Crippen LogP contribution >= 0.6 is 11.6 Å². The van der Waals surface area contributed by atoms with E-state index < -0.39 is 40.3 Å². The number of likely N-dealkylation sites (tertiary alicyclic amines) is 1. The number of carbonyl (C=O) groups excluding carboxylic acids is 3. The highest BCUT2D eigenvalue weighted by molar-refractivity contribution is 6.27. The fourth-order valence-corrected chi connectivity index (χ4v) is 3.64. The zero-order chi connectivity index (χ0) is 24.8. The predicted octanol–water partition coefficient (Wildman–Crippen LogP) is 2.55. The monoisotopic (exact) mass is 487 g/mol. The van der Waals surface area contributed by atoms with E-state index in [2.05, 4.69) is 11.9 Å². The maximum atomic E-state index is 12.7. The number of hydrogen-bond acceptors (Lipinski definition) is 7. The maximum absolute atomic E-state index is 12.7. The number of rotatable bonds is 10. The molecule has 0 spiro atoms. The number of ether oxygens (including phenoxy) is 2. The number of nitrogens with zero attached hydrogens (tertiary/aromatic N) is 2. The van der Waals surface area contributed by atoms with E-state index in [1.165, 1.54) is 24.3 Å². The van der Waals surface area contributed by atoms with Gasteiger partial charge in [0.25, 0.3) is 17.5 Å². The summed E-state index contributed by atoms with van der Waals surface area (Å²) in [5, 5.41) is 13.2. The Hall–Kier alpha value is -3.92. The van der Waals surface area contributed by atoms with E-state index >= 15 is 0 Å². The molecule has 0 saturated carbocycles. The summed E-state index contributed by atoms with van der Waals surface area (Å²) in [4.78, 5) is 48.8. The number of nitro groups is 1. The van der Waals surface area contributed by atoms with Gasteiger partial charge in [0, 0.05) is 12.1 Å². The Kier molecular flexibility index (Phi) is 7.85. The number of halogens is 1. The summed E-state index contributed by atoms with van der Waals surface area (Å²) in [7, 11) is 0. The van der Waals surface area contributed by atoms with Gasteiger partial charge in [0.1, 0.15) is 23.9 Å². The number of para-hydroxylation sites is 1. The van der Waals surface area contributed by atoms with Crippen molar-refractivity contribution >= 4 is 35.1 Å². The molecular formula is C23H22ClN3O7. The molecule has 0 aromatic heterocycles. The van der Waals surface area contributed by atoms with Crippen molar-refractivity contribution in [1.29, 1.82) is 0 Å². The minimum atomic E-state index is -1.15. The van der Waals surface area contributed by atoms with Crippen molar-refractivity contribution in [2.45, 2.75) is 31.1 Å². The number of nitrogens with one attached hydrogen (secondary N) is 1. The molecule has 2 aromatic rings. The van der Waals surface area contributed by atoms with Gasteiger partial charge < -0.3 is 19.7 Å². The summed E-state index contributed by atoms with van der Waals surface area (Å²) in [5.74, 6) is -1.37. The van der Waals surface area contributed by atoms with Gasteiger partial charge in [0.05, 0.1) is 4.92 Å². The number of benzene rings is 2. The topological polar surface area (TPSA) is 128 Å². The Morgan fingerprint density at radius 3 is 2.41 bits per heavy atom. The van der Waals surface area contributed by atoms with Gasteiger partial charge in [-0.15, -0.1) is 0 Å². The zero-order valence-corrected chi connectivity index (χ0v) is 18.9. The number of non-ortho nitro benzene ring substituents is 1. The van der Waals surface area contributed by atoms with Crippen LogP contribution in [-0.4, -0.2) is 51.8 Å². The third-order valence-corrected chi connectivity index (χ3v) is 5.45. The van der Waals surface area contributed by atoms with Crippen LogP contribution in [0.4, 0.5) is 5.69 Å². The lowest BCUT2D eigenvalue weighted by Gasteiger charge is -2.47. The number of amides is 2. The Morgan fingerprint density at radius 2 is 1.85 bits per heavy atom. The number of nitro benzene ring substituents is 1. The summed E-state index contributed by atoms with van der Waals surface area (Å²) in [6, 6.07) is 12.0. The van der Waals surface area contributed by atoms with E-state index in [4.69, 9.17) is 21.1 Å². The summed E-state index contributed by atoms with van der Waals surface area (Å²) in [5.41, 5.74) is -0.236. The molecule has 0 radical (unpaired) electrons. The minimum absolute atomic E-state index is 0.0895. The van der Waals surface area contributed by atoms with Gasteiger partial charge in [-0.25, -0.2) is 4.79 Å². The Labute approximate surface area is 200 Å². The van der Waals surface area contributed by atoms with E-state index in [-0.39, 0.29) is 18.9 Å². The summed E-state index contributed by atoms with van der Waals surface area (Å²) in [6.45, 7) is 4.83. The highest BCUT2D eigenvalue weighted by Crippen LogP contribution is 2.30. The quantitative estimate of drug-likeness (QED) is 0.104. The molecule has 1 fully saturated rings. The van der Waals surface area contributed by atoms with Gasteiger partial charge in [0.15, 0.2) is 12.6 Å². The molecule has 10 nitrogen and oxygen atoms in total. The van der Waals surface area contributed by atoms with E-state index in [1.54, 1.807) is 31.2 Å². The van der Waals surface area contributed by atoms with Crippen molar-refractivity contribution in [2.75, 3.05) is 6.61 Å². The minimum Gasteiger partial charge on any atom is -0.484 e. The lowest BCUT2D eigenvalue weighted by atomic mass is 9.99.